The molecule has 1 aromatic carbocycles. The summed E-state index contributed by atoms with van der Waals surface area (Å²) < 4.78 is 46.4. The number of hydrogen-bond acceptors (Lipinski definition) is 2. The van der Waals surface area contributed by atoms with Crippen LogP contribution in [0.4, 0.5) is 13.2 Å². The van der Waals surface area contributed by atoms with Crippen molar-refractivity contribution < 1.29 is 17.9 Å². The lowest BCUT2D eigenvalue weighted by Gasteiger charge is -2.37. The fourth-order valence-corrected chi connectivity index (χ4v) is 10.2. The maximum absolute atomic E-state index is 13.6. The quantitative estimate of drug-likeness (QED) is 0.340. The largest absolute Gasteiger partial charge is 0.428 e. The lowest BCUT2D eigenvalue weighted by Crippen LogP contribution is -2.43. The molecule has 2 atom stereocenters. The number of benzene rings is 1. The third-order valence-corrected chi connectivity index (χ3v) is 12.8. The molecule has 0 aliphatic carbocycles. The Bertz CT molecular complexity index is 852. The zero-order valence-electron chi connectivity index (χ0n) is 20.3. The maximum Gasteiger partial charge on any atom is 0.428 e. The molecule has 6 heteroatoms. The number of rotatable bonds is 6. The monoisotopic (exact) mass is 463 g/mol. The highest BCUT2D eigenvalue weighted by atomic mass is 28.3. The first-order valence-electron chi connectivity index (χ1n) is 11.3. The summed E-state index contributed by atoms with van der Waals surface area (Å²) in [6.07, 6.45) is -6.18. The Morgan fingerprint density at radius 1 is 1.03 bits per heavy atom. The van der Waals surface area contributed by atoms with Crippen LogP contribution < -0.4 is 0 Å². The van der Waals surface area contributed by atoms with Crippen molar-refractivity contribution in [1.82, 2.24) is 4.90 Å². The molecule has 1 saturated heterocycles. The van der Waals surface area contributed by atoms with Crippen LogP contribution in [0.2, 0.25) is 16.6 Å². The average molecular weight is 464 g/mol. The van der Waals surface area contributed by atoms with E-state index in [1.54, 1.807) is 6.92 Å². The Morgan fingerprint density at radius 2 is 1.59 bits per heavy atom. The van der Waals surface area contributed by atoms with Gasteiger partial charge >= 0.3 is 6.18 Å². The van der Waals surface area contributed by atoms with E-state index in [0.29, 0.717) is 16.6 Å². The second-order valence-corrected chi connectivity index (χ2v) is 15.6. The second kappa shape index (κ2) is 10.5. The summed E-state index contributed by atoms with van der Waals surface area (Å²) in [6.45, 7) is 15.5. The molecule has 1 aliphatic heterocycles. The van der Waals surface area contributed by atoms with Crippen LogP contribution >= 0.6 is 0 Å². The predicted octanol–water partition coefficient (Wildman–Crippen LogP) is 6.78. The molecule has 0 saturated carbocycles. The zero-order chi connectivity index (χ0) is 24.2. The highest BCUT2D eigenvalue weighted by Crippen LogP contribution is 2.41. The van der Waals surface area contributed by atoms with E-state index in [9.17, 15) is 13.2 Å². The smallest absolute Gasteiger partial charge is 0.345 e. The van der Waals surface area contributed by atoms with Crippen LogP contribution in [0.25, 0.3) is 0 Å². The van der Waals surface area contributed by atoms with Crippen LogP contribution in [0.1, 0.15) is 60.5 Å². The van der Waals surface area contributed by atoms with Crippen molar-refractivity contribution in [3.05, 3.63) is 35.9 Å². The lowest BCUT2D eigenvalue weighted by molar-refractivity contribution is -0.255. The fourth-order valence-electron chi connectivity index (χ4n) is 5.07. The molecule has 1 heterocycles. The second-order valence-electron chi connectivity index (χ2n) is 9.98. The van der Waals surface area contributed by atoms with Gasteiger partial charge in [-0.3, -0.25) is 4.90 Å². The molecule has 176 valence electrons. The molecule has 0 amide bonds. The zero-order valence-corrected chi connectivity index (χ0v) is 21.3. The molecule has 0 unspecified atom stereocenters. The molecule has 0 aromatic heterocycles. The fraction of sp³-hybridized carbons (Fsp3) is 0.615. The molecule has 2 nitrogen and oxygen atoms in total. The van der Waals surface area contributed by atoms with Crippen LogP contribution in [0.15, 0.2) is 30.3 Å². The minimum atomic E-state index is -4.46. The van der Waals surface area contributed by atoms with Gasteiger partial charge in [0.1, 0.15) is 8.07 Å². The molecule has 0 radical (unpaired) electrons. The van der Waals surface area contributed by atoms with E-state index in [4.69, 9.17) is 4.74 Å². The highest BCUT2D eigenvalue weighted by Gasteiger charge is 2.54. The Kier molecular flexibility index (Phi) is 8.67. The van der Waals surface area contributed by atoms with Crippen LogP contribution in [0.5, 0.6) is 0 Å². The summed E-state index contributed by atoms with van der Waals surface area (Å²) >= 11 is 0. The molecular weight excluding hydrogens is 427 g/mol. The molecule has 1 fully saturated rings. The SMILES string of the molecule is CC(C)[Si](C#CC#CC[C@]1(C)CN(Cc2ccccc2)[C@@H](C(F)(F)F)O1)(C(C)C)C(C)C. The normalized spacial score (nSPS) is 22.1. The average Bonchev–Trinajstić information content (AvgIpc) is 3.01. The Hall–Kier alpha value is -1.73. The molecule has 0 spiro atoms. The van der Waals surface area contributed by atoms with E-state index in [-0.39, 0.29) is 19.5 Å². The van der Waals surface area contributed by atoms with Gasteiger partial charge in [0.15, 0.2) is 0 Å². The number of ether oxygens (including phenoxy) is 1. The van der Waals surface area contributed by atoms with E-state index in [1.807, 2.05) is 30.3 Å². The molecule has 2 rings (SSSR count). The minimum Gasteiger partial charge on any atom is -0.345 e. The molecule has 1 aliphatic rings. The van der Waals surface area contributed by atoms with Crippen LogP contribution in [0.3, 0.4) is 0 Å². The van der Waals surface area contributed by atoms with Gasteiger partial charge in [-0.15, -0.1) is 5.54 Å². The summed E-state index contributed by atoms with van der Waals surface area (Å²) in [5.74, 6) is 8.98. The van der Waals surface area contributed by atoms with Gasteiger partial charge in [0.25, 0.3) is 0 Å². The van der Waals surface area contributed by atoms with Gasteiger partial charge < -0.3 is 4.74 Å². The van der Waals surface area contributed by atoms with Crippen LogP contribution in [0, 0.1) is 23.3 Å². The predicted molar refractivity (Wildman–Crippen MR) is 127 cm³/mol. The number of alkyl halides is 3. The van der Waals surface area contributed by atoms with Crippen molar-refractivity contribution >= 4 is 8.07 Å². The van der Waals surface area contributed by atoms with Crippen LogP contribution in [-0.4, -0.2) is 37.5 Å². The lowest BCUT2D eigenvalue weighted by atomic mass is 10.0. The van der Waals surface area contributed by atoms with Gasteiger partial charge in [-0.25, -0.2) is 0 Å². The molecule has 0 N–H and O–H groups in total. The van der Waals surface area contributed by atoms with E-state index >= 15 is 0 Å². The summed E-state index contributed by atoms with van der Waals surface area (Å²) in [7, 11) is -1.87. The molecule has 0 bridgehead atoms. The van der Waals surface area contributed by atoms with Crippen molar-refractivity contribution in [3.63, 3.8) is 0 Å². The molecular formula is C26H36F3NOSi. The summed E-state index contributed by atoms with van der Waals surface area (Å²) in [6, 6.07) is 9.15. The van der Waals surface area contributed by atoms with Gasteiger partial charge in [-0.2, -0.15) is 13.2 Å². The molecule has 1 aromatic rings. The number of nitrogens with zero attached hydrogens (tertiary/aromatic N) is 1. The van der Waals surface area contributed by atoms with E-state index < -0.39 is 26.1 Å². The van der Waals surface area contributed by atoms with Crippen molar-refractivity contribution in [3.8, 4) is 23.3 Å². The Labute approximate surface area is 192 Å². The maximum atomic E-state index is 13.6. The van der Waals surface area contributed by atoms with Gasteiger partial charge in [0.2, 0.25) is 6.23 Å². The molecule has 32 heavy (non-hydrogen) atoms. The van der Waals surface area contributed by atoms with E-state index in [2.05, 4.69) is 64.8 Å². The van der Waals surface area contributed by atoms with Gasteiger partial charge in [-0.1, -0.05) is 77.8 Å². The van der Waals surface area contributed by atoms with Crippen molar-refractivity contribution in [2.75, 3.05) is 6.54 Å². The van der Waals surface area contributed by atoms with E-state index in [1.165, 1.54) is 4.90 Å². The topological polar surface area (TPSA) is 12.5 Å². The van der Waals surface area contributed by atoms with Crippen molar-refractivity contribution in [2.45, 2.75) is 96.1 Å². The third kappa shape index (κ3) is 6.19. The van der Waals surface area contributed by atoms with Gasteiger partial charge in [0.05, 0.1) is 5.60 Å². The third-order valence-electron chi connectivity index (χ3n) is 6.53. The summed E-state index contributed by atoms with van der Waals surface area (Å²) in [5.41, 5.74) is 4.88. The van der Waals surface area contributed by atoms with Crippen molar-refractivity contribution in [2.24, 2.45) is 0 Å². The van der Waals surface area contributed by atoms with Crippen LogP contribution in [-0.2, 0) is 11.3 Å². The van der Waals surface area contributed by atoms with Gasteiger partial charge in [-0.05, 0) is 41.0 Å². The first-order valence-corrected chi connectivity index (χ1v) is 13.6. The highest BCUT2D eigenvalue weighted by molar-refractivity contribution is 6.90. The minimum absolute atomic E-state index is 0.164. The Morgan fingerprint density at radius 3 is 2.09 bits per heavy atom. The number of halogens is 3. The summed E-state index contributed by atoms with van der Waals surface area (Å²) in [4.78, 5) is 1.34. The van der Waals surface area contributed by atoms with Gasteiger partial charge in [0, 0.05) is 19.5 Å². The number of hydrogen-bond donors (Lipinski definition) is 0. The Balaban J connectivity index is 2.17. The summed E-state index contributed by atoms with van der Waals surface area (Å²) in [5, 5.41) is 0. The van der Waals surface area contributed by atoms with Crippen molar-refractivity contribution in [1.29, 1.82) is 0 Å². The first-order chi connectivity index (χ1) is 14.8. The first kappa shape index (κ1) is 26.5. The standard InChI is InChI=1S/C26H36F3NOSi/c1-20(2)32(21(3)4,22(5)6)17-13-9-12-16-25(7)19-30(24(31-25)26(27,28)29)18-23-14-10-8-11-15-23/h8,10-11,14-15,20-22,24H,16,18-19H2,1-7H3/t24-,25-/m1/s1. The van der Waals surface area contributed by atoms with E-state index in [0.717, 1.165) is 5.56 Å².